The van der Waals surface area contributed by atoms with Gasteiger partial charge in [-0.2, -0.15) is 0 Å². The smallest absolute Gasteiger partial charge is 0.313 e. The van der Waals surface area contributed by atoms with Crippen LogP contribution in [0.25, 0.3) is 0 Å². The highest BCUT2D eigenvalue weighted by Gasteiger charge is 2.76. The van der Waals surface area contributed by atoms with E-state index in [1.54, 1.807) is 22.9 Å². The van der Waals surface area contributed by atoms with Crippen LogP contribution in [0.15, 0.2) is 53.0 Å². The molecule has 1 aromatic carbocycles. The van der Waals surface area contributed by atoms with Gasteiger partial charge in [-0.3, -0.25) is 19.2 Å². The van der Waals surface area contributed by atoms with Gasteiger partial charge in [-0.15, -0.1) is 0 Å². The Morgan fingerprint density at radius 2 is 1.66 bits per heavy atom. The van der Waals surface area contributed by atoms with Gasteiger partial charge in [0.2, 0.25) is 17.7 Å². The predicted molar refractivity (Wildman–Crippen MR) is 194 cm³/mol. The summed E-state index contributed by atoms with van der Waals surface area (Å²) >= 11 is 3.64. The summed E-state index contributed by atoms with van der Waals surface area (Å²) in [5.74, 6) is -3.82. The van der Waals surface area contributed by atoms with Crippen molar-refractivity contribution in [2.75, 3.05) is 20.2 Å². The number of fused-ring (bicyclic) bond motifs is 2. The van der Waals surface area contributed by atoms with E-state index in [1.165, 1.54) is 4.90 Å². The van der Waals surface area contributed by atoms with E-state index >= 15 is 4.79 Å². The van der Waals surface area contributed by atoms with Crippen LogP contribution >= 0.6 is 15.9 Å². The molecule has 8 atom stereocenters. The topological polar surface area (TPSA) is 117 Å². The standard InChI is InChI=1S/C39H54BrN3O7/c1-23(2)27(21-44)43-33-35(47)42(38(7,8)22-37(4,5)6)19-15-11-14-18-28(45)41(9)24(3)31(25-16-12-10-13-17-25)49-36(48)29-30(34(43)46)39(33)20-26(40)32(29)50-39/h10-13,15-17,20,23-24,27,29-33,44H,14,18-19,21-22H2,1-9H3/b15-11-/t24-,27+,29+,30-,31+,32+,33+,39-/m1/s1. The Hall–Kier alpha value is -3.02. The van der Waals surface area contributed by atoms with Crippen LogP contribution in [0.3, 0.4) is 0 Å². The monoisotopic (exact) mass is 755 g/mol. The quantitative estimate of drug-likeness (QED) is 0.305. The summed E-state index contributed by atoms with van der Waals surface area (Å²) in [6, 6.07) is 6.90. The Morgan fingerprint density at radius 3 is 2.26 bits per heavy atom. The Balaban J connectivity index is 1.70. The van der Waals surface area contributed by atoms with Crippen LogP contribution in [0, 0.1) is 23.2 Å². The molecular weight excluding hydrogens is 702 g/mol. The van der Waals surface area contributed by atoms with E-state index in [0.717, 1.165) is 0 Å². The Bertz CT molecular complexity index is 1540. The van der Waals surface area contributed by atoms with Crippen molar-refractivity contribution in [2.24, 2.45) is 23.2 Å². The molecule has 274 valence electrons. The van der Waals surface area contributed by atoms with E-state index in [0.29, 0.717) is 22.9 Å². The van der Waals surface area contributed by atoms with Gasteiger partial charge < -0.3 is 29.3 Å². The lowest BCUT2D eigenvalue weighted by atomic mass is 9.74. The second-order valence-electron chi connectivity index (χ2n) is 16.6. The molecule has 0 saturated carbocycles. The lowest BCUT2D eigenvalue weighted by Crippen LogP contribution is -2.63. The van der Waals surface area contributed by atoms with Crippen LogP contribution in [0.1, 0.15) is 86.3 Å². The second kappa shape index (κ2) is 14.2. The molecule has 5 rings (SSSR count). The number of cyclic esters (lactones) is 1. The fourth-order valence-electron chi connectivity index (χ4n) is 8.76. The number of carbonyl (C=O) groups is 4. The van der Waals surface area contributed by atoms with Crippen molar-refractivity contribution < 1.29 is 33.8 Å². The van der Waals surface area contributed by atoms with E-state index in [2.05, 4.69) is 36.7 Å². The van der Waals surface area contributed by atoms with Gasteiger partial charge in [0.25, 0.3) is 0 Å². The Kier molecular flexibility index (Phi) is 10.8. The third-order valence-electron chi connectivity index (χ3n) is 10.9. The number of likely N-dealkylation sites (tertiary alicyclic amines) is 1. The summed E-state index contributed by atoms with van der Waals surface area (Å²) in [4.78, 5) is 63.1. The molecule has 2 fully saturated rings. The lowest BCUT2D eigenvalue weighted by Gasteiger charge is -2.46. The minimum Gasteiger partial charge on any atom is -0.455 e. The number of aliphatic hydroxyl groups excluding tert-OH is 1. The largest absolute Gasteiger partial charge is 0.455 e. The molecule has 10 nitrogen and oxygen atoms in total. The molecule has 5 bridgehead atoms. The van der Waals surface area contributed by atoms with E-state index in [9.17, 15) is 19.5 Å². The maximum absolute atomic E-state index is 15.3. The molecule has 0 aromatic heterocycles. The first-order valence-corrected chi connectivity index (χ1v) is 18.6. The number of rotatable bonds is 6. The third kappa shape index (κ3) is 6.82. The minimum atomic E-state index is -1.47. The zero-order valence-corrected chi connectivity index (χ0v) is 32.5. The van der Waals surface area contributed by atoms with Crippen molar-refractivity contribution >= 4 is 39.6 Å². The summed E-state index contributed by atoms with van der Waals surface area (Å²) in [5.41, 5.74) is -1.56. The first-order valence-electron chi connectivity index (χ1n) is 17.8. The highest BCUT2D eigenvalue weighted by Crippen LogP contribution is 2.60. The van der Waals surface area contributed by atoms with Crippen LogP contribution < -0.4 is 0 Å². The number of amides is 3. The lowest BCUT2D eigenvalue weighted by molar-refractivity contribution is -0.165. The third-order valence-corrected chi connectivity index (χ3v) is 11.6. The van der Waals surface area contributed by atoms with Crippen molar-refractivity contribution in [3.8, 4) is 0 Å². The number of esters is 1. The van der Waals surface area contributed by atoms with E-state index in [-0.39, 0.29) is 42.7 Å². The maximum atomic E-state index is 15.3. The molecular formula is C39H54BrN3O7. The molecule has 4 aliphatic rings. The number of carbonyl (C=O) groups excluding carboxylic acids is 4. The van der Waals surface area contributed by atoms with Crippen molar-refractivity contribution in [1.82, 2.24) is 14.7 Å². The minimum absolute atomic E-state index is 0.106. The van der Waals surface area contributed by atoms with Crippen molar-refractivity contribution in [1.29, 1.82) is 0 Å². The molecule has 1 spiro atoms. The molecule has 3 amide bonds. The molecule has 0 radical (unpaired) electrons. The first kappa shape index (κ1) is 38.2. The van der Waals surface area contributed by atoms with Crippen molar-refractivity contribution in [3.63, 3.8) is 0 Å². The van der Waals surface area contributed by atoms with Gasteiger partial charge in [0.1, 0.15) is 29.8 Å². The highest BCUT2D eigenvalue weighted by molar-refractivity contribution is 9.11. The number of ether oxygens (including phenoxy) is 2. The molecule has 2 saturated heterocycles. The normalized spacial score (nSPS) is 32.4. The summed E-state index contributed by atoms with van der Waals surface area (Å²) in [6.07, 6.45) is 5.31. The first-order chi connectivity index (χ1) is 23.4. The van der Waals surface area contributed by atoms with Gasteiger partial charge in [0.15, 0.2) is 0 Å². The molecule has 4 heterocycles. The van der Waals surface area contributed by atoms with Crippen molar-refractivity contribution in [3.05, 3.63) is 58.6 Å². The average molecular weight is 757 g/mol. The Morgan fingerprint density at radius 1 is 1.00 bits per heavy atom. The van der Waals surface area contributed by atoms with E-state index < -0.39 is 65.2 Å². The number of benzene rings is 1. The number of hydrogen-bond acceptors (Lipinski definition) is 7. The fraction of sp³-hybridized carbons (Fsp3) is 0.641. The van der Waals surface area contributed by atoms with Gasteiger partial charge in [-0.25, -0.2) is 0 Å². The Labute approximate surface area is 305 Å². The second-order valence-corrected chi connectivity index (χ2v) is 17.5. The van der Waals surface area contributed by atoms with Crippen molar-refractivity contribution in [2.45, 2.75) is 116 Å². The average Bonchev–Trinajstić information content (AvgIpc) is 3.62. The number of halogens is 1. The van der Waals surface area contributed by atoms with Crippen LogP contribution in [0.4, 0.5) is 0 Å². The van der Waals surface area contributed by atoms with Gasteiger partial charge in [-0.1, -0.05) is 93.0 Å². The van der Waals surface area contributed by atoms with Gasteiger partial charge >= 0.3 is 5.97 Å². The predicted octanol–water partition coefficient (Wildman–Crippen LogP) is 5.40. The zero-order chi connectivity index (χ0) is 36.9. The van der Waals surface area contributed by atoms with Crippen LogP contribution in [-0.2, 0) is 28.7 Å². The zero-order valence-electron chi connectivity index (χ0n) is 30.9. The summed E-state index contributed by atoms with van der Waals surface area (Å²) in [5, 5.41) is 10.7. The van der Waals surface area contributed by atoms with Gasteiger partial charge in [0, 0.05) is 30.0 Å². The van der Waals surface area contributed by atoms with Crippen LogP contribution in [0.2, 0.25) is 0 Å². The number of aliphatic hydroxyl groups is 1. The van der Waals surface area contributed by atoms with E-state index in [1.807, 2.05) is 77.1 Å². The van der Waals surface area contributed by atoms with E-state index in [4.69, 9.17) is 9.47 Å². The number of hydrogen-bond donors (Lipinski definition) is 1. The number of likely N-dealkylation sites (N-methyl/N-ethyl adjacent to an activating group) is 1. The summed E-state index contributed by atoms with van der Waals surface area (Å²) in [6.45, 7) is 16.0. The summed E-state index contributed by atoms with van der Waals surface area (Å²) in [7, 11) is 1.71. The fourth-order valence-corrected chi connectivity index (χ4v) is 9.50. The molecule has 11 heteroatoms. The van der Waals surface area contributed by atoms with Gasteiger partial charge in [0.05, 0.1) is 24.6 Å². The summed E-state index contributed by atoms with van der Waals surface area (Å²) < 4.78 is 13.7. The molecule has 1 N–H and O–H groups in total. The van der Waals surface area contributed by atoms with Gasteiger partial charge in [-0.05, 0) is 56.6 Å². The molecule has 0 aliphatic carbocycles. The number of nitrogens with zero attached hydrogens (tertiary/aromatic N) is 3. The maximum Gasteiger partial charge on any atom is 0.313 e. The van der Waals surface area contributed by atoms with Crippen LogP contribution in [-0.4, -0.2) is 99.1 Å². The van der Waals surface area contributed by atoms with Crippen LogP contribution in [0.5, 0.6) is 0 Å². The SMILES string of the molecule is CC(C)[C@H](CO)N1C(=O)[C@H]2[C@@H]3C(=O)O[C@H](c4ccccc4)[C@@H](C)N(C)C(=O)CC/C=C\CN(C(C)(C)CC(C)(C)C)C(=O)[C@H]1[C@@]21C=C(Br)[C@@H]3O1. The molecule has 4 aliphatic heterocycles. The molecule has 0 unspecified atom stereocenters. The highest BCUT2D eigenvalue weighted by atomic mass is 79.9. The molecule has 1 aromatic rings. The number of allylic oxidation sites excluding steroid dienone is 1. The molecule has 50 heavy (non-hydrogen) atoms.